The first kappa shape index (κ1) is 21.7. The number of likely N-dealkylation sites (N-methyl/N-ethyl adjacent to an activating group) is 2. The summed E-state index contributed by atoms with van der Waals surface area (Å²) < 4.78 is 0. The predicted octanol–water partition coefficient (Wildman–Crippen LogP) is 3.13. The zero-order valence-corrected chi connectivity index (χ0v) is 18.8. The molecule has 158 valence electrons. The van der Waals surface area contributed by atoms with Crippen molar-refractivity contribution < 1.29 is 4.79 Å². The van der Waals surface area contributed by atoms with Crippen LogP contribution in [-0.4, -0.2) is 74.1 Å². The first-order valence-electron chi connectivity index (χ1n) is 10.4. The Morgan fingerprint density at radius 2 is 1.90 bits per heavy atom. The van der Waals surface area contributed by atoms with E-state index < -0.39 is 0 Å². The molecule has 1 aromatic heterocycles. The molecule has 0 aliphatic carbocycles. The largest absolute Gasteiger partial charge is 0.373 e. The van der Waals surface area contributed by atoms with Crippen LogP contribution in [0.2, 0.25) is 0 Å². The summed E-state index contributed by atoms with van der Waals surface area (Å²) in [5.74, 6) is 0.407. The van der Waals surface area contributed by atoms with Crippen LogP contribution >= 0.6 is 11.3 Å². The van der Waals surface area contributed by atoms with E-state index in [0.717, 1.165) is 44.8 Å². The molecule has 6 nitrogen and oxygen atoms in total. The normalized spacial score (nSPS) is 15.6. The first-order valence-corrected chi connectivity index (χ1v) is 11.2. The van der Waals surface area contributed by atoms with Crippen molar-refractivity contribution in [2.45, 2.75) is 26.2 Å². The number of anilines is 2. The highest BCUT2D eigenvalue weighted by molar-refractivity contribution is 7.15. The predicted molar refractivity (Wildman–Crippen MR) is 122 cm³/mol. The minimum absolute atomic E-state index is 0.0224. The Balaban J connectivity index is 1.45. The number of rotatable bonds is 8. The van der Waals surface area contributed by atoms with Crippen molar-refractivity contribution in [1.82, 2.24) is 14.8 Å². The standard InChI is InChI=1S/C22H33N5OS/c1-17(2)20-16-23-22(29-20)24-21(28)15-18-5-7-19(8-6-18)26(4)11-14-27-12-9-25(3)10-13-27/h5-8,16-17H,9-15H2,1-4H3,(H,23,24,28). The van der Waals surface area contributed by atoms with E-state index >= 15 is 0 Å². The number of hydrogen-bond acceptors (Lipinski definition) is 6. The molecule has 1 aromatic carbocycles. The average Bonchev–Trinajstić information content (AvgIpc) is 3.16. The van der Waals surface area contributed by atoms with E-state index in [1.807, 2.05) is 18.3 Å². The molecule has 1 saturated heterocycles. The molecule has 0 bridgehead atoms. The van der Waals surface area contributed by atoms with Gasteiger partial charge >= 0.3 is 0 Å². The van der Waals surface area contributed by atoms with Gasteiger partial charge in [0, 0.05) is 63.1 Å². The Morgan fingerprint density at radius 1 is 1.21 bits per heavy atom. The highest BCUT2D eigenvalue weighted by Gasteiger charge is 2.14. The quantitative estimate of drug-likeness (QED) is 0.718. The van der Waals surface area contributed by atoms with Crippen molar-refractivity contribution >= 4 is 28.1 Å². The number of carbonyl (C=O) groups excluding carboxylic acids is 1. The molecule has 0 atom stereocenters. The number of nitrogens with zero attached hydrogens (tertiary/aromatic N) is 4. The van der Waals surface area contributed by atoms with Gasteiger partial charge in [0.15, 0.2) is 5.13 Å². The first-order chi connectivity index (χ1) is 13.9. The highest BCUT2D eigenvalue weighted by atomic mass is 32.1. The van der Waals surface area contributed by atoms with E-state index in [0.29, 0.717) is 17.5 Å². The summed E-state index contributed by atoms with van der Waals surface area (Å²) in [6.07, 6.45) is 2.21. The van der Waals surface area contributed by atoms with Gasteiger partial charge in [-0.1, -0.05) is 26.0 Å². The Kier molecular flexibility index (Phi) is 7.64. The van der Waals surface area contributed by atoms with Crippen molar-refractivity contribution in [3.05, 3.63) is 40.9 Å². The number of benzene rings is 1. The number of thiazole rings is 1. The van der Waals surface area contributed by atoms with Gasteiger partial charge in [-0.05, 0) is 30.7 Å². The lowest BCUT2D eigenvalue weighted by Crippen LogP contribution is -2.46. The van der Waals surface area contributed by atoms with E-state index in [-0.39, 0.29) is 5.91 Å². The minimum atomic E-state index is -0.0224. The summed E-state index contributed by atoms with van der Waals surface area (Å²) in [5.41, 5.74) is 2.20. The molecule has 1 N–H and O–H groups in total. The van der Waals surface area contributed by atoms with Gasteiger partial charge in [-0.25, -0.2) is 4.98 Å². The van der Waals surface area contributed by atoms with Crippen LogP contribution in [0.4, 0.5) is 10.8 Å². The molecule has 0 unspecified atom stereocenters. The Bertz CT molecular complexity index is 781. The Hall–Kier alpha value is -1.96. The molecule has 0 radical (unpaired) electrons. The second-order valence-electron chi connectivity index (χ2n) is 8.18. The Labute approximate surface area is 178 Å². The van der Waals surface area contributed by atoms with E-state index in [4.69, 9.17) is 0 Å². The van der Waals surface area contributed by atoms with Gasteiger partial charge < -0.3 is 15.1 Å². The molecular formula is C22H33N5OS. The lowest BCUT2D eigenvalue weighted by molar-refractivity contribution is -0.115. The molecular weight excluding hydrogens is 382 g/mol. The van der Waals surface area contributed by atoms with E-state index in [9.17, 15) is 4.79 Å². The van der Waals surface area contributed by atoms with E-state index in [2.05, 4.69) is 65.1 Å². The van der Waals surface area contributed by atoms with Gasteiger partial charge in [0.1, 0.15) is 0 Å². The van der Waals surface area contributed by atoms with Gasteiger partial charge in [0.2, 0.25) is 5.91 Å². The second kappa shape index (κ2) is 10.2. The third kappa shape index (κ3) is 6.52. The van der Waals surface area contributed by atoms with Crippen molar-refractivity contribution in [2.75, 3.05) is 63.6 Å². The lowest BCUT2D eigenvalue weighted by atomic mass is 10.1. The maximum atomic E-state index is 12.3. The van der Waals surface area contributed by atoms with Crippen molar-refractivity contribution in [3.8, 4) is 0 Å². The summed E-state index contributed by atoms with van der Waals surface area (Å²) in [6.45, 7) is 10.9. The van der Waals surface area contributed by atoms with Crippen LogP contribution in [0.25, 0.3) is 0 Å². The highest BCUT2D eigenvalue weighted by Crippen LogP contribution is 2.25. The van der Waals surface area contributed by atoms with Gasteiger partial charge in [-0.3, -0.25) is 9.69 Å². The average molecular weight is 416 g/mol. The zero-order chi connectivity index (χ0) is 20.8. The number of amides is 1. The monoisotopic (exact) mass is 415 g/mol. The van der Waals surface area contributed by atoms with Crippen LogP contribution in [-0.2, 0) is 11.2 Å². The smallest absolute Gasteiger partial charge is 0.230 e. The van der Waals surface area contributed by atoms with Crippen molar-refractivity contribution in [2.24, 2.45) is 0 Å². The maximum absolute atomic E-state index is 12.3. The number of piperazine rings is 1. The maximum Gasteiger partial charge on any atom is 0.230 e. The fraction of sp³-hybridized carbons (Fsp3) is 0.545. The Morgan fingerprint density at radius 3 is 2.52 bits per heavy atom. The molecule has 1 fully saturated rings. The van der Waals surface area contributed by atoms with Crippen LogP contribution in [0, 0.1) is 0 Å². The zero-order valence-electron chi connectivity index (χ0n) is 18.0. The number of carbonyl (C=O) groups is 1. The van der Waals surface area contributed by atoms with Gasteiger partial charge in [-0.15, -0.1) is 11.3 Å². The molecule has 1 amide bonds. The molecule has 7 heteroatoms. The second-order valence-corrected chi connectivity index (χ2v) is 9.24. The number of hydrogen-bond donors (Lipinski definition) is 1. The summed E-state index contributed by atoms with van der Waals surface area (Å²) >= 11 is 1.55. The summed E-state index contributed by atoms with van der Waals surface area (Å²) in [4.78, 5) is 25.0. The van der Waals surface area contributed by atoms with Gasteiger partial charge in [0.05, 0.1) is 6.42 Å². The molecule has 0 spiro atoms. The minimum Gasteiger partial charge on any atom is -0.373 e. The number of nitrogens with one attached hydrogen (secondary N) is 1. The summed E-state index contributed by atoms with van der Waals surface area (Å²) in [5, 5.41) is 3.59. The van der Waals surface area contributed by atoms with E-state index in [1.165, 1.54) is 10.6 Å². The van der Waals surface area contributed by atoms with Crippen LogP contribution < -0.4 is 10.2 Å². The van der Waals surface area contributed by atoms with Crippen LogP contribution in [0.15, 0.2) is 30.5 Å². The molecule has 2 heterocycles. The van der Waals surface area contributed by atoms with Crippen LogP contribution in [0.5, 0.6) is 0 Å². The molecule has 0 saturated carbocycles. The SMILES string of the molecule is CC(C)c1cnc(NC(=O)Cc2ccc(N(C)CCN3CCN(C)CC3)cc2)s1. The summed E-state index contributed by atoms with van der Waals surface area (Å²) in [6, 6.07) is 8.30. The lowest BCUT2D eigenvalue weighted by Gasteiger charge is -2.33. The molecule has 1 aliphatic rings. The number of aromatic nitrogens is 1. The van der Waals surface area contributed by atoms with Crippen LogP contribution in [0.3, 0.4) is 0 Å². The third-order valence-corrected chi connectivity index (χ3v) is 6.64. The topological polar surface area (TPSA) is 51.7 Å². The van der Waals surface area contributed by atoms with Gasteiger partial charge in [0.25, 0.3) is 0 Å². The van der Waals surface area contributed by atoms with Gasteiger partial charge in [-0.2, -0.15) is 0 Å². The van der Waals surface area contributed by atoms with Crippen molar-refractivity contribution in [3.63, 3.8) is 0 Å². The van der Waals surface area contributed by atoms with Crippen molar-refractivity contribution in [1.29, 1.82) is 0 Å². The third-order valence-electron chi connectivity index (χ3n) is 5.43. The molecule has 3 rings (SSSR count). The van der Waals surface area contributed by atoms with E-state index in [1.54, 1.807) is 11.3 Å². The van der Waals surface area contributed by atoms with Crippen LogP contribution in [0.1, 0.15) is 30.2 Å². The molecule has 29 heavy (non-hydrogen) atoms. The molecule has 1 aliphatic heterocycles. The fourth-order valence-corrected chi connectivity index (χ4v) is 4.16. The summed E-state index contributed by atoms with van der Waals surface area (Å²) in [7, 11) is 4.32. The fourth-order valence-electron chi connectivity index (χ4n) is 3.32. The molecule has 2 aromatic rings.